The van der Waals surface area contributed by atoms with Gasteiger partial charge in [-0.3, -0.25) is 0 Å². The minimum Gasteiger partial charge on any atom is -0.392 e. The van der Waals surface area contributed by atoms with Gasteiger partial charge in [0.2, 0.25) is 0 Å². The van der Waals surface area contributed by atoms with Gasteiger partial charge in [-0.15, -0.1) is 0 Å². The van der Waals surface area contributed by atoms with Crippen molar-refractivity contribution >= 4 is 5.69 Å². The molecule has 0 radical (unpaired) electrons. The predicted octanol–water partition coefficient (Wildman–Crippen LogP) is 3.58. The highest BCUT2D eigenvalue weighted by molar-refractivity contribution is 5.48. The SMILES string of the molecule is CCCCN(c1ccc(CO)cc1)C(C)CC. The molecule has 1 aromatic rings. The van der Waals surface area contributed by atoms with E-state index in [4.69, 9.17) is 5.11 Å². The van der Waals surface area contributed by atoms with Crippen LogP contribution < -0.4 is 4.90 Å². The van der Waals surface area contributed by atoms with Gasteiger partial charge in [-0.1, -0.05) is 32.4 Å². The molecule has 1 N–H and O–H groups in total. The highest BCUT2D eigenvalue weighted by Gasteiger charge is 2.11. The first-order valence-corrected chi connectivity index (χ1v) is 6.69. The Morgan fingerprint density at radius 3 is 2.29 bits per heavy atom. The van der Waals surface area contributed by atoms with E-state index < -0.39 is 0 Å². The number of benzene rings is 1. The van der Waals surface area contributed by atoms with Crippen LogP contribution in [0.1, 0.15) is 45.6 Å². The van der Waals surface area contributed by atoms with Crippen LogP contribution in [0.3, 0.4) is 0 Å². The van der Waals surface area contributed by atoms with Gasteiger partial charge >= 0.3 is 0 Å². The number of nitrogens with zero attached hydrogens (tertiary/aromatic N) is 1. The largest absolute Gasteiger partial charge is 0.392 e. The molecule has 0 saturated heterocycles. The first kappa shape index (κ1) is 14.0. The van der Waals surface area contributed by atoms with Gasteiger partial charge in [0, 0.05) is 18.3 Å². The molecule has 0 aliphatic rings. The molecule has 0 spiro atoms. The first-order valence-electron chi connectivity index (χ1n) is 6.69. The van der Waals surface area contributed by atoms with Crippen LogP contribution in [-0.4, -0.2) is 17.7 Å². The Morgan fingerprint density at radius 1 is 1.18 bits per heavy atom. The normalized spacial score (nSPS) is 12.5. The summed E-state index contributed by atoms with van der Waals surface area (Å²) in [5, 5.41) is 9.05. The van der Waals surface area contributed by atoms with Crippen molar-refractivity contribution in [3.63, 3.8) is 0 Å². The molecule has 1 aromatic carbocycles. The van der Waals surface area contributed by atoms with E-state index in [9.17, 15) is 0 Å². The highest BCUT2D eigenvalue weighted by Crippen LogP contribution is 2.20. The summed E-state index contributed by atoms with van der Waals surface area (Å²) in [6.07, 6.45) is 3.61. The molecule has 17 heavy (non-hydrogen) atoms. The maximum Gasteiger partial charge on any atom is 0.0681 e. The number of hydrogen-bond donors (Lipinski definition) is 1. The van der Waals surface area contributed by atoms with Crippen molar-refractivity contribution < 1.29 is 5.11 Å². The van der Waals surface area contributed by atoms with Crippen LogP contribution in [0.25, 0.3) is 0 Å². The topological polar surface area (TPSA) is 23.5 Å². The lowest BCUT2D eigenvalue weighted by molar-refractivity contribution is 0.282. The summed E-state index contributed by atoms with van der Waals surface area (Å²) >= 11 is 0. The lowest BCUT2D eigenvalue weighted by Crippen LogP contribution is -2.33. The number of hydrogen-bond acceptors (Lipinski definition) is 2. The predicted molar refractivity (Wildman–Crippen MR) is 74.4 cm³/mol. The van der Waals surface area contributed by atoms with Gasteiger partial charge in [0.05, 0.1) is 6.61 Å². The van der Waals surface area contributed by atoms with Crippen LogP contribution in [0.15, 0.2) is 24.3 Å². The van der Waals surface area contributed by atoms with E-state index in [1.54, 1.807) is 0 Å². The molecule has 2 heteroatoms. The number of aliphatic hydroxyl groups is 1. The van der Waals surface area contributed by atoms with E-state index in [1.807, 2.05) is 12.1 Å². The number of unbranched alkanes of at least 4 members (excludes halogenated alkanes) is 1. The smallest absolute Gasteiger partial charge is 0.0681 e. The zero-order valence-corrected chi connectivity index (χ0v) is 11.3. The Bertz CT molecular complexity index is 307. The van der Waals surface area contributed by atoms with Crippen LogP contribution in [0.4, 0.5) is 5.69 Å². The van der Waals surface area contributed by atoms with Crippen LogP contribution >= 0.6 is 0 Å². The van der Waals surface area contributed by atoms with Crippen molar-refractivity contribution in [3.05, 3.63) is 29.8 Å². The van der Waals surface area contributed by atoms with Crippen molar-refractivity contribution in [1.29, 1.82) is 0 Å². The second kappa shape index (κ2) is 7.33. The fraction of sp³-hybridized carbons (Fsp3) is 0.600. The summed E-state index contributed by atoms with van der Waals surface area (Å²) in [5.74, 6) is 0. The molecule has 0 bridgehead atoms. The van der Waals surface area contributed by atoms with Gasteiger partial charge in [-0.25, -0.2) is 0 Å². The van der Waals surface area contributed by atoms with E-state index >= 15 is 0 Å². The molecule has 0 fully saturated rings. The van der Waals surface area contributed by atoms with Gasteiger partial charge in [-0.2, -0.15) is 0 Å². The van der Waals surface area contributed by atoms with Gasteiger partial charge in [-0.05, 0) is 37.5 Å². The molecule has 1 rings (SSSR count). The quantitative estimate of drug-likeness (QED) is 0.780. The Hall–Kier alpha value is -1.02. The van der Waals surface area contributed by atoms with E-state index in [0.717, 1.165) is 18.5 Å². The molecular formula is C15H25NO. The molecule has 2 nitrogen and oxygen atoms in total. The van der Waals surface area contributed by atoms with E-state index in [0.29, 0.717) is 6.04 Å². The highest BCUT2D eigenvalue weighted by atomic mass is 16.3. The molecule has 0 aromatic heterocycles. The Morgan fingerprint density at radius 2 is 1.82 bits per heavy atom. The van der Waals surface area contributed by atoms with Gasteiger partial charge in [0.15, 0.2) is 0 Å². The first-order chi connectivity index (χ1) is 8.22. The maximum absolute atomic E-state index is 9.05. The number of anilines is 1. The van der Waals surface area contributed by atoms with Crippen molar-refractivity contribution in [2.45, 2.75) is 52.7 Å². The Labute approximate surface area is 105 Å². The lowest BCUT2D eigenvalue weighted by Gasteiger charge is -2.31. The van der Waals surface area contributed by atoms with E-state index in [-0.39, 0.29) is 6.61 Å². The molecule has 0 aliphatic heterocycles. The fourth-order valence-corrected chi connectivity index (χ4v) is 1.95. The fourth-order valence-electron chi connectivity index (χ4n) is 1.95. The zero-order valence-electron chi connectivity index (χ0n) is 11.3. The molecule has 96 valence electrons. The van der Waals surface area contributed by atoms with Crippen molar-refractivity contribution in [2.75, 3.05) is 11.4 Å². The third kappa shape index (κ3) is 4.04. The second-order valence-corrected chi connectivity index (χ2v) is 4.63. The molecule has 1 atom stereocenters. The number of aliphatic hydroxyl groups excluding tert-OH is 1. The third-order valence-electron chi connectivity index (χ3n) is 3.33. The summed E-state index contributed by atoms with van der Waals surface area (Å²) in [7, 11) is 0. The molecular weight excluding hydrogens is 210 g/mol. The molecule has 0 aliphatic carbocycles. The minimum absolute atomic E-state index is 0.124. The molecule has 0 heterocycles. The van der Waals surface area contributed by atoms with Crippen molar-refractivity contribution in [3.8, 4) is 0 Å². The molecule has 1 unspecified atom stereocenters. The molecule has 0 amide bonds. The summed E-state index contributed by atoms with van der Waals surface area (Å²) in [6, 6.07) is 8.83. The van der Waals surface area contributed by atoms with Crippen LogP contribution in [-0.2, 0) is 6.61 Å². The van der Waals surface area contributed by atoms with Crippen molar-refractivity contribution in [2.24, 2.45) is 0 Å². The average molecular weight is 235 g/mol. The minimum atomic E-state index is 0.124. The van der Waals surface area contributed by atoms with Crippen LogP contribution in [0, 0.1) is 0 Å². The monoisotopic (exact) mass is 235 g/mol. The van der Waals surface area contributed by atoms with Crippen LogP contribution in [0.2, 0.25) is 0 Å². The average Bonchev–Trinajstić information content (AvgIpc) is 2.39. The van der Waals surface area contributed by atoms with Gasteiger partial charge in [0.1, 0.15) is 0 Å². The van der Waals surface area contributed by atoms with Crippen molar-refractivity contribution in [1.82, 2.24) is 0 Å². The van der Waals surface area contributed by atoms with Gasteiger partial charge in [0.25, 0.3) is 0 Å². The Kier molecular flexibility index (Phi) is 6.06. The summed E-state index contributed by atoms with van der Waals surface area (Å²) in [4.78, 5) is 2.46. The zero-order chi connectivity index (χ0) is 12.7. The number of rotatable bonds is 7. The summed E-state index contributed by atoms with van der Waals surface area (Å²) in [6.45, 7) is 7.97. The standard InChI is InChI=1S/C15H25NO/c1-4-6-11-16(13(3)5-2)15-9-7-14(12-17)8-10-15/h7-10,13,17H,4-6,11-12H2,1-3H3. The second-order valence-electron chi connectivity index (χ2n) is 4.63. The molecule has 0 saturated carbocycles. The third-order valence-corrected chi connectivity index (χ3v) is 3.33. The van der Waals surface area contributed by atoms with Crippen LogP contribution in [0.5, 0.6) is 0 Å². The van der Waals surface area contributed by atoms with E-state index in [2.05, 4.69) is 37.8 Å². The summed E-state index contributed by atoms with van der Waals surface area (Å²) < 4.78 is 0. The maximum atomic E-state index is 9.05. The van der Waals surface area contributed by atoms with E-state index in [1.165, 1.54) is 18.5 Å². The summed E-state index contributed by atoms with van der Waals surface area (Å²) in [5.41, 5.74) is 2.25. The Balaban J connectivity index is 2.79. The lowest BCUT2D eigenvalue weighted by atomic mass is 10.1. The van der Waals surface area contributed by atoms with Gasteiger partial charge < -0.3 is 10.0 Å².